The molecular formula is C22H36ClNO2. The van der Waals surface area contributed by atoms with Crippen molar-refractivity contribution in [2.45, 2.75) is 90.9 Å². The second-order valence-electron chi connectivity index (χ2n) is 7.24. The first-order valence-electron chi connectivity index (χ1n) is 10.5. The van der Waals surface area contributed by atoms with Crippen LogP contribution in [0.2, 0.25) is 5.15 Å². The summed E-state index contributed by atoms with van der Waals surface area (Å²) in [6, 6.07) is 3.29. The Kier molecular flexibility index (Phi) is 13.3. The molecule has 1 atom stereocenters. The number of nitrogens with zero attached hydrogens (tertiary/aromatic N) is 1. The van der Waals surface area contributed by atoms with Crippen molar-refractivity contribution in [2.24, 2.45) is 5.92 Å². The number of ether oxygens (including phenoxy) is 1. The van der Waals surface area contributed by atoms with Gasteiger partial charge in [0.05, 0.1) is 12.2 Å². The molecule has 26 heavy (non-hydrogen) atoms. The molecule has 0 fully saturated rings. The molecule has 0 aliphatic rings. The van der Waals surface area contributed by atoms with E-state index < -0.39 is 0 Å². The number of esters is 1. The zero-order valence-corrected chi connectivity index (χ0v) is 17.4. The lowest BCUT2D eigenvalue weighted by molar-refractivity contribution is 0.0421. The van der Waals surface area contributed by atoms with Gasteiger partial charge in [-0.05, 0) is 30.9 Å². The van der Waals surface area contributed by atoms with Gasteiger partial charge in [-0.3, -0.25) is 0 Å². The fourth-order valence-electron chi connectivity index (χ4n) is 3.16. The normalized spacial score (nSPS) is 12.1. The molecule has 0 aliphatic heterocycles. The summed E-state index contributed by atoms with van der Waals surface area (Å²) in [5.74, 6) is 0.179. The number of halogens is 1. The first kappa shape index (κ1) is 23.0. The van der Waals surface area contributed by atoms with Gasteiger partial charge in [0.2, 0.25) is 0 Å². The van der Waals surface area contributed by atoms with Crippen LogP contribution in [0.25, 0.3) is 0 Å². The molecule has 3 nitrogen and oxygen atoms in total. The summed E-state index contributed by atoms with van der Waals surface area (Å²) in [7, 11) is 0. The summed E-state index contributed by atoms with van der Waals surface area (Å²) in [4.78, 5) is 16.1. The standard InChI is InChI=1S/C22H36ClNO2/c1-3-5-7-9-10-12-14-19(13-11-8-6-4-2)18-26-22(25)20-15-16-21(23)24-17-20/h15-17,19H,3-14,18H2,1-2H3. The number of unbranched alkanes of at least 4 members (excludes halogenated alkanes) is 8. The van der Waals surface area contributed by atoms with Gasteiger partial charge >= 0.3 is 5.97 Å². The number of carbonyl (C=O) groups is 1. The SMILES string of the molecule is CCCCCCCCC(CCCCCC)COC(=O)c1ccc(Cl)nc1. The lowest BCUT2D eigenvalue weighted by atomic mass is 9.95. The van der Waals surface area contributed by atoms with Gasteiger partial charge < -0.3 is 4.74 Å². The van der Waals surface area contributed by atoms with Crippen LogP contribution in [0.3, 0.4) is 0 Å². The first-order chi connectivity index (χ1) is 12.7. The Bertz CT molecular complexity index is 476. The van der Waals surface area contributed by atoms with Crippen molar-refractivity contribution in [2.75, 3.05) is 6.61 Å². The third kappa shape index (κ3) is 10.8. The quantitative estimate of drug-likeness (QED) is 0.183. The number of hydrogen-bond acceptors (Lipinski definition) is 3. The van der Waals surface area contributed by atoms with Gasteiger partial charge in [-0.1, -0.05) is 89.7 Å². The van der Waals surface area contributed by atoms with Crippen molar-refractivity contribution in [1.29, 1.82) is 0 Å². The highest BCUT2D eigenvalue weighted by Crippen LogP contribution is 2.20. The molecule has 0 saturated heterocycles. The molecule has 0 N–H and O–H groups in total. The average Bonchev–Trinajstić information content (AvgIpc) is 2.65. The molecule has 0 aliphatic carbocycles. The van der Waals surface area contributed by atoms with E-state index in [0.29, 0.717) is 23.2 Å². The topological polar surface area (TPSA) is 39.2 Å². The molecule has 1 aromatic heterocycles. The summed E-state index contributed by atoms with van der Waals surface area (Å²) in [5, 5.41) is 0.387. The Morgan fingerprint density at radius 1 is 0.962 bits per heavy atom. The van der Waals surface area contributed by atoms with Crippen LogP contribution < -0.4 is 0 Å². The van der Waals surface area contributed by atoms with E-state index in [-0.39, 0.29) is 5.97 Å². The maximum Gasteiger partial charge on any atom is 0.339 e. The van der Waals surface area contributed by atoms with E-state index >= 15 is 0 Å². The Morgan fingerprint density at radius 3 is 2.12 bits per heavy atom. The van der Waals surface area contributed by atoms with E-state index in [4.69, 9.17) is 16.3 Å². The third-order valence-corrected chi connectivity index (χ3v) is 5.07. The first-order valence-corrected chi connectivity index (χ1v) is 10.8. The van der Waals surface area contributed by atoms with Gasteiger partial charge in [0.25, 0.3) is 0 Å². The number of rotatable bonds is 15. The molecule has 0 spiro atoms. The second-order valence-corrected chi connectivity index (χ2v) is 7.63. The lowest BCUT2D eigenvalue weighted by Crippen LogP contribution is -2.15. The smallest absolute Gasteiger partial charge is 0.339 e. The molecule has 1 heterocycles. The molecule has 0 saturated carbocycles. The van der Waals surface area contributed by atoms with Crippen LogP contribution in [0.15, 0.2) is 18.3 Å². The molecule has 0 aromatic carbocycles. The minimum Gasteiger partial charge on any atom is -0.462 e. The van der Waals surface area contributed by atoms with E-state index in [0.717, 1.165) is 12.8 Å². The monoisotopic (exact) mass is 381 g/mol. The molecule has 1 unspecified atom stereocenters. The van der Waals surface area contributed by atoms with Crippen LogP contribution in [0.4, 0.5) is 0 Å². The summed E-state index contributed by atoms with van der Waals surface area (Å²) in [6.45, 7) is 5.00. The zero-order chi connectivity index (χ0) is 19.0. The van der Waals surface area contributed by atoms with Crippen molar-refractivity contribution in [1.82, 2.24) is 4.98 Å². The highest BCUT2D eigenvalue weighted by molar-refractivity contribution is 6.29. The Hall–Kier alpha value is -1.09. The van der Waals surface area contributed by atoms with Crippen molar-refractivity contribution in [3.05, 3.63) is 29.0 Å². The summed E-state index contributed by atoms with van der Waals surface area (Å²) in [6.07, 6.45) is 16.7. The van der Waals surface area contributed by atoms with E-state index in [2.05, 4.69) is 18.8 Å². The Balaban J connectivity index is 2.36. The van der Waals surface area contributed by atoms with E-state index in [9.17, 15) is 4.79 Å². The molecule has 4 heteroatoms. The fraction of sp³-hybridized carbons (Fsp3) is 0.727. The fourth-order valence-corrected chi connectivity index (χ4v) is 3.27. The molecule has 148 valence electrons. The molecule has 0 radical (unpaired) electrons. The number of hydrogen-bond donors (Lipinski definition) is 0. The van der Waals surface area contributed by atoms with Crippen LogP contribution in [0, 0.1) is 5.92 Å². The predicted octanol–water partition coefficient (Wildman–Crippen LogP) is 7.23. The average molecular weight is 382 g/mol. The Labute approximate surface area is 164 Å². The number of carbonyl (C=O) groups excluding carboxylic acids is 1. The predicted molar refractivity (Wildman–Crippen MR) is 110 cm³/mol. The molecule has 1 rings (SSSR count). The van der Waals surface area contributed by atoms with Crippen LogP contribution in [0.1, 0.15) is 101 Å². The van der Waals surface area contributed by atoms with Crippen molar-refractivity contribution in [3.63, 3.8) is 0 Å². The van der Waals surface area contributed by atoms with E-state index in [1.165, 1.54) is 70.4 Å². The largest absolute Gasteiger partial charge is 0.462 e. The summed E-state index contributed by atoms with van der Waals surface area (Å²) in [5.41, 5.74) is 0.471. The lowest BCUT2D eigenvalue weighted by Gasteiger charge is -2.17. The minimum atomic E-state index is -0.296. The van der Waals surface area contributed by atoms with Gasteiger partial charge in [-0.2, -0.15) is 0 Å². The number of pyridine rings is 1. The molecular weight excluding hydrogens is 346 g/mol. The third-order valence-electron chi connectivity index (χ3n) is 4.85. The highest BCUT2D eigenvalue weighted by atomic mass is 35.5. The van der Waals surface area contributed by atoms with Crippen LogP contribution in [-0.2, 0) is 4.74 Å². The Morgan fingerprint density at radius 2 is 1.54 bits per heavy atom. The van der Waals surface area contributed by atoms with Crippen LogP contribution in [0.5, 0.6) is 0 Å². The van der Waals surface area contributed by atoms with Crippen molar-refractivity contribution >= 4 is 17.6 Å². The van der Waals surface area contributed by atoms with Gasteiger partial charge in [0.1, 0.15) is 5.15 Å². The second kappa shape index (κ2) is 15.0. The summed E-state index contributed by atoms with van der Waals surface area (Å²) >= 11 is 5.77. The maximum atomic E-state index is 12.2. The highest BCUT2D eigenvalue weighted by Gasteiger charge is 2.14. The van der Waals surface area contributed by atoms with Crippen molar-refractivity contribution < 1.29 is 9.53 Å². The van der Waals surface area contributed by atoms with E-state index in [1.54, 1.807) is 12.1 Å². The maximum absolute atomic E-state index is 12.2. The van der Waals surface area contributed by atoms with Crippen molar-refractivity contribution in [3.8, 4) is 0 Å². The van der Waals surface area contributed by atoms with Crippen LogP contribution >= 0.6 is 11.6 Å². The number of aromatic nitrogens is 1. The zero-order valence-electron chi connectivity index (χ0n) is 16.6. The van der Waals surface area contributed by atoms with Crippen LogP contribution in [-0.4, -0.2) is 17.6 Å². The van der Waals surface area contributed by atoms with Gasteiger partial charge in [0.15, 0.2) is 0 Å². The van der Waals surface area contributed by atoms with Gasteiger partial charge in [-0.25, -0.2) is 9.78 Å². The van der Waals surface area contributed by atoms with Gasteiger partial charge in [-0.15, -0.1) is 0 Å². The summed E-state index contributed by atoms with van der Waals surface area (Å²) < 4.78 is 5.56. The van der Waals surface area contributed by atoms with E-state index in [1.807, 2.05) is 0 Å². The molecule has 1 aromatic rings. The molecule has 0 bridgehead atoms. The molecule has 0 amide bonds. The van der Waals surface area contributed by atoms with Gasteiger partial charge in [0, 0.05) is 6.20 Å². The minimum absolute atomic E-state index is 0.296.